The number of allylic oxidation sites excluding steroid dienone is 4. The summed E-state index contributed by atoms with van der Waals surface area (Å²) in [5.74, 6) is 2.38. The third-order valence-electron chi connectivity index (χ3n) is 3.83. The Bertz CT molecular complexity index is 477. The Morgan fingerprint density at radius 1 is 1.24 bits per heavy atom. The number of fused-ring (bicyclic) bond motifs is 1. The van der Waals surface area contributed by atoms with Crippen LogP contribution in [0.5, 0.6) is 0 Å². The topological polar surface area (TPSA) is 0 Å². The molecule has 0 amide bonds. The maximum atomic E-state index is 2.36. The molecule has 0 aliphatic heterocycles. The summed E-state index contributed by atoms with van der Waals surface area (Å²) in [4.78, 5) is 0. The van der Waals surface area contributed by atoms with E-state index < -0.39 is 0 Å². The summed E-state index contributed by atoms with van der Waals surface area (Å²) in [6.45, 7) is 4.59. The zero-order valence-corrected chi connectivity index (χ0v) is 10.7. The second kappa shape index (κ2) is 4.18. The zero-order chi connectivity index (χ0) is 11.8. The van der Waals surface area contributed by atoms with E-state index in [0.29, 0.717) is 0 Å². The van der Waals surface area contributed by atoms with Crippen molar-refractivity contribution >= 4 is 5.57 Å². The molecule has 0 bridgehead atoms. The van der Waals surface area contributed by atoms with Gasteiger partial charge in [0.2, 0.25) is 0 Å². The molecular weight excluding hydrogens is 204 g/mol. The normalized spacial score (nSPS) is 25.7. The Labute approximate surface area is 104 Å². The molecule has 0 spiro atoms. The highest BCUT2D eigenvalue weighted by Gasteiger charge is 2.39. The molecule has 17 heavy (non-hydrogen) atoms. The van der Waals surface area contributed by atoms with Gasteiger partial charge in [0.25, 0.3) is 0 Å². The average Bonchev–Trinajstić information content (AvgIpc) is 3.07. The zero-order valence-electron chi connectivity index (χ0n) is 10.7. The summed E-state index contributed by atoms with van der Waals surface area (Å²) in [5, 5.41) is 0. The van der Waals surface area contributed by atoms with Crippen molar-refractivity contribution in [1.82, 2.24) is 0 Å². The molecule has 2 aliphatic carbocycles. The minimum absolute atomic E-state index is 0.728. The van der Waals surface area contributed by atoms with Gasteiger partial charge < -0.3 is 0 Å². The van der Waals surface area contributed by atoms with Crippen molar-refractivity contribution in [2.24, 2.45) is 17.8 Å². The monoisotopic (exact) mass is 224 g/mol. The van der Waals surface area contributed by atoms with Crippen molar-refractivity contribution in [3.63, 3.8) is 0 Å². The lowest BCUT2D eigenvalue weighted by atomic mass is 9.89. The Morgan fingerprint density at radius 2 is 2.06 bits per heavy atom. The van der Waals surface area contributed by atoms with Crippen LogP contribution in [0, 0.1) is 17.8 Å². The number of benzene rings is 1. The molecule has 2 aliphatic rings. The number of rotatable bonds is 3. The lowest BCUT2D eigenvalue weighted by Gasteiger charge is -2.15. The predicted octanol–water partition coefficient (Wildman–Crippen LogP) is 4.47. The maximum absolute atomic E-state index is 2.36. The molecule has 2 atom stereocenters. The lowest BCUT2D eigenvalue weighted by Crippen LogP contribution is -2.01. The summed E-state index contributed by atoms with van der Waals surface area (Å²) in [7, 11) is 0. The molecule has 1 saturated carbocycles. The van der Waals surface area contributed by atoms with E-state index in [4.69, 9.17) is 0 Å². The molecule has 0 heteroatoms. The second-order valence-electron chi connectivity index (χ2n) is 5.77. The Kier molecular flexibility index (Phi) is 2.66. The standard InChI is InChI=1S/C17H20/c1-12(2)10-13-6-3-4-8-15(13)16-9-5-7-14-11-17(14)16/h3-9,12,14,17H,10-11H2,1-2H3. The molecule has 0 radical (unpaired) electrons. The molecule has 0 N–H and O–H groups in total. The molecule has 3 rings (SSSR count). The second-order valence-corrected chi connectivity index (χ2v) is 5.77. The van der Waals surface area contributed by atoms with E-state index in [0.717, 1.165) is 17.8 Å². The van der Waals surface area contributed by atoms with Crippen molar-refractivity contribution < 1.29 is 0 Å². The van der Waals surface area contributed by atoms with E-state index >= 15 is 0 Å². The molecule has 1 aromatic carbocycles. The Morgan fingerprint density at radius 3 is 2.88 bits per heavy atom. The van der Waals surface area contributed by atoms with E-state index in [2.05, 4.69) is 56.3 Å². The van der Waals surface area contributed by atoms with E-state index in [1.165, 1.54) is 24.0 Å². The first-order chi connectivity index (χ1) is 8.25. The van der Waals surface area contributed by atoms with Gasteiger partial charge in [-0.3, -0.25) is 0 Å². The summed E-state index contributed by atoms with van der Waals surface area (Å²) in [6.07, 6.45) is 9.48. The van der Waals surface area contributed by atoms with Gasteiger partial charge in [0.15, 0.2) is 0 Å². The maximum Gasteiger partial charge on any atom is -0.00868 e. The molecule has 1 aromatic rings. The first-order valence-corrected chi connectivity index (χ1v) is 6.72. The molecular formula is C17H20. The average molecular weight is 224 g/mol. The molecule has 0 aromatic heterocycles. The van der Waals surface area contributed by atoms with Crippen LogP contribution >= 0.6 is 0 Å². The van der Waals surface area contributed by atoms with Gasteiger partial charge in [-0.15, -0.1) is 0 Å². The minimum Gasteiger partial charge on any atom is -0.0808 e. The van der Waals surface area contributed by atoms with Gasteiger partial charge in [-0.1, -0.05) is 56.3 Å². The number of hydrogen-bond donors (Lipinski definition) is 0. The van der Waals surface area contributed by atoms with E-state index in [-0.39, 0.29) is 0 Å². The van der Waals surface area contributed by atoms with Crippen LogP contribution in [0.3, 0.4) is 0 Å². The van der Waals surface area contributed by atoms with Gasteiger partial charge in [-0.25, -0.2) is 0 Å². The van der Waals surface area contributed by atoms with Crippen molar-refractivity contribution in [1.29, 1.82) is 0 Å². The first kappa shape index (κ1) is 10.8. The predicted molar refractivity (Wildman–Crippen MR) is 73.7 cm³/mol. The highest BCUT2D eigenvalue weighted by Crippen LogP contribution is 2.51. The highest BCUT2D eigenvalue weighted by atomic mass is 14.4. The summed E-state index contributed by atoms with van der Waals surface area (Å²) < 4.78 is 0. The Balaban J connectivity index is 1.97. The molecule has 88 valence electrons. The highest BCUT2D eigenvalue weighted by molar-refractivity contribution is 5.75. The first-order valence-electron chi connectivity index (χ1n) is 6.72. The van der Waals surface area contributed by atoms with E-state index in [1.54, 1.807) is 5.57 Å². The summed E-state index contributed by atoms with van der Waals surface area (Å²) in [6, 6.07) is 8.95. The smallest absolute Gasteiger partial charge is 0.00868 e. The molecule has 2 unspecified atom stereocenters. The molecule has 0 heterocycles. The van der Waals surface area contributed by atoms with E-state index in [1.807, 2.05) is 0 Å². The van der Waals surface area contributed by atoms with Crippen LogP contribution in [0.2, 0.25) is 0 Å². The summed E-state index contributed by atoms with van der Waals surface area (Å²) >= 11 is 0. The van der Waals surface area contributed by atoms with Gasteiger partial charge in [0.1, 0.15) is 0 Å². The third-order valence-corrected chi connectivity index (χ3v) is 3.83. The van der Waals surface area contributed by atoms with Crippen LogP contribution in [0.15, 0.2) is 42.5 Å². The van der Waals surface area contributed by atoms with Crippen LogP contribution in [-0.2, 0) is 6.42 Å². The SMILES string of the molecule is CC(C)Cc1ccccc1C1=CC=CC2CC12. The van der Waals surface area contributed by atoms with Crippen LogP contribution in [0.4, 0.5) is 0 Å². The van der Waals surface area contributed by atoms with Crippen molar-refractivity contribution in [2.45, 2.75) is 26.7 Å². The van der Waals surface area contributed by atoms with Crippen LogP contribution in [0.25, 0.3) is 5.57 Å². The fourth-order valence-corrected chi connectivity index (χ4v) is 2.92. The quantitative estimate of drug-likeness (QED) is 0.710. The Hall–Kier alpha value is -1.30. The van der Waals surface area contributed by atoms with Crippen LogP contribution < -0.4 is 0 Å². The van der Waals surface area contributed by atoms with Crippen molar-refractivity contribution in [3.8, 4) is 0 Å². The van der Waals surface area contributed by atoms with Gasteiger partial charge >= 0.3 is 0 Å². The molecule has 1 fully saturated rings. The largest absolute Gasteiger partial charge is 0.0808 e. The van der Waals surface area contributed by atoms with Gasteiger partial charge in [-0.2, -0.15) is 0 Å². The van der Waals surface area contributed by atoms with Crippen LogP contribution in [-0.4, -0.2) is 0 Å². The van der Waals surface area contributed by atoms with Crippen molar-refractivity contribution in [2.75, 3.05) is 0 Å². The van der Waals surface area contributed by atoms with Crippen LogP contribution in [0.1, 0.15) is 31.4 Å². The molecule has 0 nitrogen and oxygen atoms in total. The van der Waals surface area contributed by atoms with Crippen molar-refractivity contribution in [3.05, 3.63) is 53.6 Å². The third kappa shape index (κ3) is 2.09. The summed E-state index contributed by atoms with van der Waals surface area (Å²) in [5.41, 5.74) is 4.60. The van der Waals surface area contributed by atoms with Gasteiger partial charge in [0, 0.05) is 0 Å². The van der Waals surface area contributed by atoms with Gasteiger partial charge in [0.05, 0.1) is 0 Å². The van der Waals surface area contributed by atoms with E-state index in [9.17, 15) is 0 Å². The lowest BCUT2D eigenvalue weighted by molar-refractivity contribution is 0.646. The fourth-order valence-electron chi connectivity index (χ4n) is 2.92. The van der Waals surface area contributed by atoms with Gasteiger partial charge in [-0.05, 0) is 47.3 Å². The fraction of sp³-hybridized carbons (Fsp3) is 0.412. The molecule has 0 saturated heterocycles. The number of hydrogen-bond acceptors (Lipinski definition) is 0. The minimum atomic E-state index is 0.728.